The van der Waals surface area contributed by atoms with Crippen molar-refractivity contribution in [2.24, 2.45) is 5.92 Å². The van der Waals surface area contributed by atoms with Gasteiger partial charge in [-0.25, -0.2) is 0 Å². The number of rotatable bonds is 6. The van der Waals surface area contributed by atoms with E-state index in [1.165, 1.54) is 0 Å². The maximum Gasteiger partial charge on any atom is 0.255 e. The highest BCUT2D eigenvalue weighted by Gasteiger charge is 2.25. The van der Waals surface area contributed by atoms with Gasteiger partial charge < -0.3 is 15.0 Å². The summed E-state index contributed by atoms with van der Waals surface area (Å²) in [4.78, 5) is 26.5. The van der Waals surface area contributed by atoms with Gasteiger partial charge in [0, 0.05) is 24.7 Å². The normalized spacial score (nSPS) is 14.7. The van der Waals surface area contributed by atoms with Crippen molar-refractivity contribution in [3.8, 4) is 5.75 Å². The highest BCUT2D eigenvalue weighted by Crippen LogP contribution is 2.23. The number of amides is 2. The van der Waals surface area contributed by atoms with Gasteiger partial charge in [-0.3, -0.25) is 9.59 Å². The van der Waals surface area contributed by atoms with Gasteiger partial charge in [-0.15, -0.1) is 0 Å². The summed E-state index contributed by atoms with van der Waals surface area (Å²) >= 11 is 6.15. The van der Waals surface area contributed by atoms with Gasteiger partial charge in [0.25, 0.3) is 11.8 Å². The van der Waals surface area contributed by atoms with E-state index in [1.807, 2.05) is 43.0 Å². The Morgan fingerprint density at radius 1 is 1.10 bits per heavy atom. The molecular formula is C23H27ClN2O3. The molecule has 0 spiro atoms. The van der Waals surface area contributed by atoms with E-state index in [0.717, 1.165) is 18.6 Å². The molecule has 2 aromatic rings. The molecule has 5 nitrogen and oxygen atoms in total. The van der Waals surface area contributed by atoms with E-state index in [9.17, 15) is 9.59 Å². The molecule has 0 aliphatic carbocycles. The van der Waals surface area contributed by atoms with Gasteiger partial charge in [-0.05, 0) is 69.0 Å². The summed E-state index contributed by atoms with van der Waals surface area (Å²) in [6, 6.07) is 14.5. The average molecular weight is 415 g/mol. The highest BCUT2D eigenvalue weighted by molar-refractivity contribution is 6.33. The predicted molar refractivity (Wildman–Crippen MR) is 115 cm³/mol. The Morgan fingerprint density at radius 2 is 1.76 bits per heavy atom. The number of nitrogens with one attached hydrogen (secondary N) is 1. The summed E-state index contributed by atoms with van der Waals surface area (Å²) in [5.41, 5.74) is 1.18. The molecule has 1 fully saturated rings. The maximum atomic E-state index is 12.6. The molecule has 1 saturated heterocycles. The van der Waals surface area contributed by atoms with E-state index >= 15 is 0 Å². The zero-order valence-corrected chi connectivity index (χ0v) is 17.6. The Morgan fingerprint density at radius 3 is 2.38 bits per heavy atom. The third kappa shape index (κ3) is 5.73. The predicted octanol–water partition coefficient (Wildman–Crippen LogP) is 4.41. The molecule has 3 rings (SSSR count). The molecule has 1 aliphatic rings. The summed E-state index contributed by atoms with van der Waals surface area (Å²) < 4.78 is 5.90. The molecule has 0 aromatic heterocycles. The van der Waals surface area contributed by atoms with E-state index in [2.05, 4.69) is 5.32 Å². The molecule has 1 aliphatic heterocycles. The van der Waals surface area contributed by atoms with Gasteiger partial charge in [-0.1, -0.05) is 23.7 Å². The molecule has 1 heterocycles. The molecule has 0 bridgehead atoms. The number of benzene rings is 2. The summed E-state index contributed by atoms with van der Waals surface area (Å²) in [6.07, 6.45) is 1.79. The van der Waals surface area contributed by atoms with Gasteiger partial charge in [0.15, 0.2) is 0 Å². The second kappa shape index (κ2) is 9.79. The van der Waals surface area contributed by atoms with Crippen LogP contribution in [0, 0.1) is 5.92 Å². The summed E-state index contributed by atoms with van der Waals surface area (Å²) in [5, 5.41) is 3.36. The topological polar surface area (TPSA) is 58.6 Å². The Kier molecular flexibility index (Phi) is 7.15. The molecule has 0 radical (unpaired) electrons. The van der Waals surface area contributed by atoms with Crippen LogP contribution in [0.25, 0.3) is 0 Å². The van der Waals surface area contributed by atoms with Crippen LogP contribution < -0.4 is 10.1 Å². The first kappa shape index (κ1) is 21.2. The summed E-state index contributed by atoms with van der Waals surface area (Å²) in [5.74, 6) is 1.06. The number of carbonyl (C=O) groups excluding carboxylic acids is 2. The number of nitrogens with zero attached hydrogens (tertiary/aromatic N) is 1. The van der Waals surface area contributed by atoms with Gasteiger partial charge in [0.05, 0.1) is 17.2 Å². The number of hydrogen-bond acceptors (Lipinski definition) is 3. The van der Waals surface area contributed by atoms with Crippen molar-refractivity contribution in [3.63, 3.8) is 0 Å². The van der Waals surface area contributed by atoms with E-state index in [4.69, 9.17) is 16.3 Å². The lowest BCUT2D eigenvalue weighted by Crippen LogP contribution is -2.39. The first-order chi connectivity index (χ1) is 13.9. The van der Waals surface area contributed by atoms with Crippen molar-refractivity contribution < 1.29 is 14.3 Å². The third-order valence-electron chi connectivity index (χ3n) is 5.03. The number of halogens is 1. The average Bonchev–Trinajstić information content (AvgIpc) is 2.72. The van der Waals surface area contributed by atoms with Crippen LogP contribution in [-0.2, 0) is 0 Å². The standard InChI is InChI=1S/C23H27ClN2O3/c1-16(2)25-22(27)18-7-9-19(10-8-18)29-15-17-11-13-26(14-12-17)23(28)20-5-3-4-6-21(20)24/h3-10,16-17H,11-15H2,1-2H3,(H,25,27). The Hall–Kier alpha value is -2.53. The van der Waals surface area contributed by atoms with Crippen molar-refractivity contribution >= 4 is 23.4 Å². The fourth-order valence-corrected chi connectivity index (χ4v) is 3.59. The second-order valence-corrected chi connectivity index (χ2v) is 8.09. The number of ether oxygens (including phenoxy) is 1. The molecule has 0 unspecified atom stereocenters. The fraction of sp³-hybridized carbons (Fsp3) is 0.391. The van der Waals surface area contributed by atoms with Gasteiger partial charge in [0.1, 0.15) is 5.75 Å². The van der Waals surface area contributed by atoms with Crippen molar-refractivity contribution in [2.45, 2.75) is 32.7 Å². The lowest BCUT2D eigenvalue weighted by Gasteiger charge is -2.32. The second-order valence-electron chi connectivity index (χ2n) is 7.68. The van der Waals surface area contributed by atoms with Crippen molar-refractivity contribution in [2.75, 3.05) is 19.7 Å². The SMILES string of the molecule is CC(C)NC(=O)c1ccc(OCC2CCN(C(=O)c3ccccc3Cl)CC2)cc1. The molecule has 1 N–H and O–H groups in total. The Labute approximate surface area is 177 Å². The van der Waals surface area contributed by atoms with Crippen LogP contribution >= 0.6 is 11.6 Å². The minimum absolute atomic E-state index is 0.00905. The Balaban J connectivity index is 1.46. The van der Waals surface area contributed by atoms with Crippen LogP contribution in [0.3, 0.4) is 0 Å². The molecule has 0 saturated carbocycles. The number of hydrogen-bond donors (Lipinski definition) is 1. The lowest BCUT2D eigenvalue weighted by atomic mass is 9.97. The van der Waals surface area contributed by atoms with Gasteiger partial charge in [0.2, 0.25) is 0 Å². The smallest absolute Gasteiger partial charge is 0.255 e. The summed E-state index contributed by atoms with van der Waals surface area (Å²) in [6.45, 7) is 5.87. The van der Waals surface area contributed by atoms with Crippen LogP contribution in [0.4, 0.5) is 0 Å². The van der Waals surface area contributed by atoms with Crippen LogP contribution in [0.1, 0.15) is 47.4 Å². The zero-order valence-electron chi connectivity index (χ0n) is 16.9. The molecule has 2 aromatic carbocycles. The molecule has 2 amide bonds. The van der Waals surface area contributed by atoms with Crippen LogP contribution in [0.5, 0.6) is 5.75 Å². The molecule has 154 valence electrons. The molecule has 29 heavy (non-hydrogen) atoms. The van der Waals surface area contributed by atoms with E-state index in [1.54, 1.807) is 24.3 Å². The van der Waals surface area contributed by atoms with Crippen molar-refractivity contribution in [1.29, 1.82) is 0 Å². The van der Waals surface area contributed by atoms with E-state index < -0.39 is 0 Å². The fourth-order valence-electron chi connectivity index (χ4n) is 3.37. The zero-order chi connectivity index (χ0) is 20.8. The Bertz CT molecular complexity index is 843. The molecule has 6 heteroatoms. The first-order valence-electron chi connectivity index (χ1n) is 10.0. The highest BCUT2D eigenvalue weighted by atomic mass is 35.5. The number of piperidine rings is 1. The summed E-state index contributed by atoms with van der Waals surface area (Å²) in [7, 11) is 0. The quantitative estimate of drug-likeness (QED) is 0.761. The largest absolute Gasteiger partial charge is 0.493 e. The lowest BCUT2D eigenvalue weighted by molar-refractivity contribution is 0.0661. The number of carbonyl (C=O) groups is 2. The number of likely N-dealkylation sites (tertiary alicyclic amines) is 1. The molecule has 0 atom stereocenters. The minimum atomic E-state index is -0.0814. The van der Waals surface area contributed by atoms with E-state index in [-0.39, 0.29) is 17.9 Å². The monoisotopic (exact) mass is 414 g/mol. The third-order valence-corrected chi connectivity index (χ3v) is 5.36. The van der Waals surface area contributed by atoms with Crippen LogP contribution in [0.2, 0.25) is 5.02 Å². The van der Waals surface area contributed by atoms with Crippen LogP contribution in [0.15, 0.2) is 48.5 Å². The minimum Gasteiger partial charge on any atom is -0.493 e. The molecular weight excluding hydrogens is 388 g/mol. The van der Waals surface area contributed by atoms with Crippen LogP contribution in [-0.4, -0.2) is 42.5 Å². The first-order valence-corrected chi connectivity index (χ1v) is 10.4. The van der Waals surface area contributed by atoms with Crippen molar-refractivity contribution in [3.05, 3.63) is 64.7 Å². The maximum absolute atomic E-state index is 12.6. The van der Waals surface area contributed by atoms with Gasteiger partial charge >= 0.3 is 0 Å². The van der Waals surface area contributed by atoms with E-state index in [0.29, 0.717) is 41.8 Å². The van der Waals surface area contributed by atoms with Crippen molar-refractivity contribution in [1.82, 2.24) is 10.2 Å². The van der Waals surface area contributed by atoms with Gasteiger partial charge in [-0.2, -0.15) is 0 Å².